The highest BCUT2D eigenvalue weighted by molar-refractivity contribution is 7.92. The average Bonchev–Trinajstić information content (AvgIpc) is 2.78. The van der Waals surface area contributed by atoms with Crippen molar-refractivity contribution in [3.8, 4) is 0 Å². The maximum absolute atomic E-state index is 12.5. The van der Waals surface area contributed by atoms with Crippen LogP contribution in [0.5, 0.6) is 0 Å². The number of hydrogen-bond acceptors (Lipinski definition) is 4. The molecular formula is C23H20Cl3N3O3S. The Morgan fingerprint density at radius 3 is 2.15 bits per heavy atom. The Morgan fingerprint density at radius 2 is 1.55 bits per heavy atom. The van der Waals surface area contributed by atoms with Crippen molar-refractivity contribution in [1.29, 1.82) is 0 Å². The summed E-state index contributed by atoms with van der Waals surface area (Å²) >= 11 is 18.2. The standard InChI is InChI=1S/C23H20Cl3N3O3S/c1-15(17-10-12-19(24)13-11-17)27-28-23(30)18-8-6-16(7-9-18)14-29(33(2,31)32)21-5-3-4-20(25)22(21)26/h3-13H,14H2,1-2H3,(H,28,30)/b27-15-. The van der Waals surface area contributed by atoms with Crippen molar-refractivity contribution in [2.75, 3.05) is 10.6 Å². The maximum atomic E-state index is 12.5. The third-order valence-corrected chi connectivity index (χ3v) is 6.92. The van der Waals surface area contributed by atoms with Gasteiger partial charge >= 0.3 is 0 Å². The number of sulfonamides is 1. The predicted molar refractivity (Wildman–Crippen MR) is 135 cm³/mol. The Balaban J connectivity index is 1.74. The SMILES string of the molecule is C/C(=N/NC(=O)c1ccc(CN(c2cccc(Cl)c2Cl)S(C)(=O)=O)cc1)c1ccc(Cl)cc1. The summed E-state index contributed by atoms with van der Waals surface area (Å²) in [6.07, 6.45) is 1.09. The topological polar surface area (TPSA) is 78.8 Å². The van der Waals surface area contributed by atoms with E-state index in [1.165, 1.54) is 0 Å². The Morgan fingerprint density at radius 1 is 0.939 bits per heavy atom. The first-order chi connectivity index (χ1) is 15.6. The van der Waals surface area contributed by atoms with E-state index in [0.29, 0.717) is 21.9 Å². The van der Waals surface area contributed by atoms with Gasteiger partial charge in [-0.15, -0.1) is 0 Å². The van der Waals surface area contributed by atoms with Gasteiger partial charge in [-0.3, -0.25) is 9.10 Å². The molecule has 1 N–H and O–H groups in total. The number of benzene rings is 3. The molecule has 3 rings (SSSR count). The van der Waals surface area contributed by atoms with Crippen molar-refractivity contribution in [3.05, 3.63) is 98.5 Å². The van der Waals surface area contributed by atoms with E-state index < -0.39 is 15.9 Å². The Bertz CT molecular complexity index is 1290. The molecule has 0 bridgehead atoms. The van der Waals surface area contributed by atoms with Crippen molar-refractivity contribution >= 4 is 62.1 Å². The molecule has 0 saturated heterocycles. The summed E-state index contributed by atoms with van der Waals surface area (Å²) in [5, 5.41) is 5.14. The van der Waals surface area contributed by atoms with Crippen molar-refractivity contribution in [2.45, 2.75) is 13.5 Å². The fourth-order valence-electron chi connectivity index (χ4n) is 2.95. The van der Waals surface area contributed by atoms with E-state index in [1.807, 2.05) is 12.1 Å². The molecule has 0 fully saturated rings. The van der Waals surface area contributed by atoms with Crippen LogP contribution in [0.1, 0.15) is 28.4 Å². The molecule has 0 radical (unpaired) electrons. The monoisotopic (exact) mass is 523 g/mol. The van der Waals surface area contributed by atoms with Crippen LogP contribution >= 0.6 is 34.8 Å². The number of carbonyl (C=O) groups excluding carboxylic acids is 1. The van der Waals surface area contributed by atoms with E-state index in [-0.39, 0.29) is 22.3 Å². The third-order valence-electron chi connectivity index (χ3n) is 4.73. The molecule has 0 aromatic heterocycles. The van der Waals surface area contributed by atoms with Gasteiger partial charge in [0.2, 0.25) is 10.0 Å². The molecule has 0 unspecified atom stereocenters. The quantitative estimate of drug-likeness (QED) is 0.315. The first-order valence-electron chi connectivity index (χ1n) is 9.67. The molecule has 1 amide bonds. The molecule has 0 atom stereocenters. The molecule has 10 heteroatoms. The summed E-state index contributed by atoms with van der Waals surface area (Å²) in [7, 11) is -3.64. The Kier molecular flexibility index (Phi) is 8.02. The van der Waals surface area contributed by atoms with Gasteiger partial charge in [0.05, 0.1) is 34.2 Å². The Hall–Kier alpha value is -2.58. The van der Waals surface area contributed by atoms with Crippen LogP contribution in [0, 0.1) is 0 Å². The van der Waals surface area contributed by atoms with Crippen LogP contribution in [0.2, 0.25) is 15.1 Å². The first-order valence-corrected chi connectivity index (χ1v) is 12.7. The van der Waals surface area contributed by atoms with Gasteiger partial charge in [0, 0.05) is 10.6 Å². The molecule has 0 heterocycles. The second kappa shape index (κ2) is 10.6. The molecule has 6 nitrogen and oxygen atoms in total. The molecule has 0 saturated carbocycles. The van der Waals surface area contributed by atoms with Crippen molar-refractivity contribution < 1.29 is 13.2 Å². The lowest BCUT2D eigenvalue weighted by atomic mass is 10.1. The highest BCUT2D eigenvalue weighted by atomic mass is 35.5. The zero-order chi connectivity index (χ0) is 24.2. The number of carbonyl (C=O) groups is 1. The lowest BCUT2D eigenvalue weighted by molar-refractivity contribution is 0.0955. The van der Waals surface area contributed by atoms with Crippen LogP contribution in [-0.4, -0.2) is 26.3 Å². The van der Waals surface area contributed by atoms with Gasteiger partial charge in [0.15, 0.2) is 0 Å². The highest BCUT2D eigenvalue weighted by Crippen LogP contribution is 2.34. The van der Waals surface area contributed by atoms with Gasteiger partial charge in [-0.2, -0.15) is 5.10 Å². The van der Waals surface area contributed by atoms with E-state index in [0.717, 1.165) is 16.1 Å². The van der Waals surface area contributed by atoms with Crippen LogP contribution in [0.15, 0.2) is 71.8 Å². The number of rotatable bonds is 7. The molecule has 0 aliphatic carbocycles. The van der Waals surface area contributed by atoms with Gasteiger partial charge < -0.3 is 0 Å². The zero-order valence-electron chi connectivity index (χ0n) is 17.7. The minimum Gasteiger partial charge on any atom is -0.267 e. The largest absolute Gasteiger partial charge is 0.271 e. The molecule has 0 spiro atoms. The molecule has 3 aromatic rings. The van der Waals surface area contributed by atoms with Crippen LogP contribution in [-0.2, 0) is 16.6 Å². The van der Waals surface area contributed by atoms with Gasteiger partial charge in [0.1, 0.15) is 0 Å². The van der Waals surface area contributed by atoms with E-state index in [4.69, 9.17) is 34.8 Å². The average molecular weight is 525 g/mol. The van der Waals surface area contributed by atoms with Crippen LogP contribution in [0.25, 0.3) is 0 Å². The van der Waals surface area contributed by atoms with Crippen molar-refractivity contribution in [2.24, 2.45) is 5.10 Å². The van der Waals surface area contributed by atoms with Gasteiger partial charge in [-0.25, -0.2) is 13.8 Å². The van der Waals surface area contributed by atoms with Gasteiger partial charge in [-0.05, 0) is 54.4 Å². The summed E-state index contributed by atoms with van der Waals surface area (Å²) < 4.78 is 26.0. The summed E-state index contributed by atoms with van der Waals surface area (Å²) in [5.41, 5.74) is 5.28. The highest BCUT2D eigenvalue weighted by Gasteiger charge is 2.21. The number of amides is 1. The molecule has 172 valence electrons. The fourth-order valence-corrected chi connectivity index (χ4v) is 4.41. The van der Waals surface area contributed by atoms with Gasteiger partial charge in [0.25, 0.3) is 5.91 Å². The van der Waals surface area contributed by atoms with Gasteiger partial charge in [-0.1, -0.05) is 65.1 Å². The minimum absolute atomic E-state index is 0.0224. The minimum atomic E-state index is -3.64. The van der Waals surface area contributed by atoms with Crippen molar-refractivity contribution in [1.82, 2.24) is 5.43 Å². The normalized spacial score (nSPS) is 11.8. The summed E-state index contributed by atoms with van der Waals surface area (Å²) in [6, 6.07) is 18.4. The molecular weight excluding hydrogens is 505 g/mol. The second-order valence-corrected chi connectivity index (χ2v) is 10.3. The number of nitrogens with one attached hydrogen (secondary N) is 1. The van der Waals surface area contributed by atoms with E-state index >= 15 is 0 Å². The molecule has 0 aliphatic heterocycles. The Labute approximate surface area is 207 Å². The summed E-state index contributed by atoms with van der Waals surface area (Å²) in [4.78, 5) is 12.5. The second-order valence-electron chi connectivity index (χ2n) is 7.18. The smallest absolute Gasteiger partial charge is 0.267 e. The van der Waals surface area contributed by atoms with Crippen LogP contribution in [0.3, 0.4) is 0 Å². The number of halogens is 3. The van der Waals surface area contributed by atoms with E-state index in [1.54, 1.807) is 61.5 Å². The molecule has 0 aliphatic rings. The predicted octanol–water partition coefficient (Wildman–Crippen LogP) is 5.77. The lowest BCUT2D eigenvalue weighted by Gasteiger charge is -2.24. The number of anilines is 1. The molecule has 33 heavy (non-hydrogen) atoms. The first kappa shape index (κ1) is 25.1. The number of nitrogens with zero attached hydrogens (tertiary/aromatic N) is 2. The lowest BCUT2D eigenvalue weighted by Crippen LogP contribution is -2.29. The summed E-state index contributed by atoms with van der Waals surface area (Å²) in [6.45, 7) is 1.79. The van der Waals surface area contributed by atoms with Crippen LogP contribution in [0.4, 0.5) is 5.69 Å². The summed E-state index contributed by atoms with van der Waals surface area (Å²) in [5.74, 6) is -0.396. The maximum Gasteiger partial charge on any atom is 0.271 e. The zero-order valence-corrected chi connectivity index (χ0v) is 20.8. The number of hydrogen-bond donors (Lipinski definition) is 1. The fraction of sp³-hybridized carbons (Fsp3) is 0.130. The van der Waals surface area contributed by atoms with E-state index in [9.17, 15) is 13.2 Å². The number of hydrazone groups is 1. The molecule has 3 aromatic carbocycles. The third kappa shape index (κ3) is 6.48. The van der Waals surface area contributed by atoms with Crippen LogP contribution < -0.4 is 9.73 Å². The van der Waals surface area contributed by atoms with Crippen molar-refractivity contribution in [3.63, 3.8) is 0 Å². The van der Waals surface area contributed by atoms with E-state index in [2.05, 4.69) is 10.5 Å².